The van der Waals surface area contributed by atoms with Gasteiger partial charge in [-0.05, 0) is 82.0 Å². The maximum absolute atomic E-state index is 3.93. The van der Waals surface area contributed by atoms with Gasteiger partial charge in [-0.25, -0.2) is 0 Å². The third-order valence-electron chi connectivity index (χ3n) is 5.09. The van der Waals surface area contributed by atoms with E-state index in [1.54, 1.807) is 0 Å². The van der Waals surface area contributed by atoms with Gasteiger partial charge in [-0.1, -0.05) is 30.4 Å². The van der Waals surface area contributed by atoms with E-state index in [2.05, 4.69) is 43.9 Å². The van der Waals surface area contributed by atoms with E-state index >= 15 is 0 Å². The highest BCUT2D eigenvalue weighted by Crippen LogP contribution is 2.33. The van der Waals surface area contributed by atoms with E-state index < -0.39 is 0 Å². The Morgan fingerprint density at radius 2 is 1.00 bits per heavy atom. The Bertz CT molecular complexity index is 307. The first-order chi connectivity index (χ1) is 9.31. The van der Waals surface area contributed by atoms with Gasteiger partial charge in [0.15, 0.2) is 0 Å². The molecule has 0 N–H and O–H groups in total. The average Bonchev–Trinajstić information content (AvgIpc) is 2.47. The van der Waals surface area contributed by atoms with Crippen molar-refractivity contribution in [1.29, 1.82) is 0 Å². The van der Waals surface area contributed by atoms with Crippen molar-refractivity contribution in [3.05, 3.63) is 37.0 Å². The molecule has 2 fully saturated rings. The zero-order chi connectivity index (χ0) is 13.5. The third kappa shape index (κ3) is 4.67. The second kappa shape index (κ2) is 7.72. The molecule has 0 atom stereocenters. The fourth-order valence-electron chi connectivity index (χ4n) is 3.69. The van der Waals surface area contributed by atoms with Crippen LogP contribution in [-0.4, -0.2) is 0 Å². The molecular formula is C19H30. The first kappa shape index (κ1) is 14.6. The van der Waals surface area contributed by atoms with Gasteiger partial charge in [0.2, 0.25) is 0 Å². The van der Waals surface area contributed by atoms with Crippen molar-refractivity contribution in [3.8, 4) is 0 Å². The predicted molar refractivity (Wildman–Crippen MR) is 85.0 cm³/mol. The predicted octanol–water partition coefficient (Wildman–Crippen LogP) is 5.92. The smallest absolute Gasteiger partial charge is 0.0233 e. The Morgan fingerprint density at radius 1 is 0.632 bits per heavy atom. The molecular weight excluding hydrogens is 228 g/mol. The molecule has 106 valence electrons. The van der Waals surface area contributed by atoms with Crippen LogP contribution >= 0.6 is 0 Å². The molecule has 0 aromatic heterocycles. The summed E-state index contributed by atoms with van der Waals surface area (Å²) in [7, 11) is 0. The minimum Gasteiger partial charge on any atom is -0.103 e. The molecule has 2 saturated carbocycles. The fraction of sp³-hybridized carbons (Fsp3) is 0.684. The van der Waals surface area contributed by atoms with Crippen molar-refractivity contribution in [2.45, 2.75) is 58.3 Å². The van der Waals surface area contributed by atoms with E-state index in [9.17, 15) is 0 Å². The molecule has 2 rings (SSSR count). The van der Waals surface area contributed by atoms with Gasteiger partial charge in [-0.2, -0.15) is 0 Å². The summed E-state index contributed by atoms with van der Waals surface area (Å²) in [6, 6.07) is 0. The Morgan fingerprint density at radius 3 is 1.37 bits per heavy atom. The highest BCUT2D eigenvalue weighted by atomic mass is 14.2. The summed E-state index contributed by atoms with van der Waals surface area (Å²) in [5, 5.41) is 0. The molecule has 0 bridgehead atoms. The monoisotopic (exact) mass is 258 g/mol. The molecule has 0 heterocycles. The molecule has 0 unspecified atom stereocenters. The van der Waals surface area contributed by atoms with Crippen LogP contribution in [0.1, 0.15) is 58.3 Å². The lowest BCUT2D eigenvalue weighted by molar-refractivity contribution is 0.342. The van der Waals surface area contributed by atoms with Crippen LogP contribution in [0.3, 0.4) is 0 Å². The molecule has 0 nitrogen and oxygen atoms in total. The highest BCUT2D eigenvalue weighted by molar-refractivity contribution is 4.99. The second-order valence-electron chi connectivity index (χ2n) is 6.50. The van der Waals surface area contributed by atoms with Crippen molar-refractivity contribution in [2.24, 2.45) is 23.7 Å². The molecule has 0 spiro atoms. The van der Waals surface area contributed by atoms with Crippen molar-refractivity contribution in [3.63, 3.8) is 0 Å². The van der Waals surface area contributed by atoms with Crippen LogP contribution < -0.4 is 0 Å². The fourth-order valence-corrected chi connectivity index (χ4v) is 3.69. The molecule has 0 aromatic carbocycles. The minimum absolute atomic E-state index is 0.793. The molecule has 0 radical (unpaired) electrons. The van der Waals surface area contributed by atoms with Crippen molar-refractivity contribution in [2.75, 3.05) is 0 Å². The molecule has 0 aromatic rings. The lowest BCUT2D eigenvalue weighted by Gasteiger charge is -2.27. The largest absolute Gasteiger partial charge is 0.103 e. The van der Waals surface area contributed by atoms with E-state index in [1.807, 2.05) is 0 Å². The van der Waals surface area contributed by atoms with E-state index in [4.69, 9.17) is 0 Å². The number of hydrogen-bond acceptors (Lipinski definition) is 0. The van der Waals surface area contributed by atoms with Gasteiger partial charge in [0.05, 0.1) is 0 Å². The van der Waals surface area contributed by atoms with Crippen LogP contribution in [0.15, 0.2) is 37.0 Å². The van der Waals surface area contributed by atoms with Gasteiger partial charge in [-0.15, -0.1) is 6.58 Å². The maximum atomic E-state index is 3.93. The number of rotatable bonds is 4. The summed E-state index contributed by atoms with van der Waals surface area (Å²) in [6.07, 6.45) is 22.9. The van der Waals surface area contributed by atoms with Crippen molar-refractivity contribution >= 4 is 0 Å². The van der Waals surface area contributed by atoms with E-state index in [-0.39, 0.29) is 0 Å². The second-order valence-corrected chi connectivity index (χ2v) is 6.50. The van der Waals surface area contributed by atoms with Gasteiger partial charge in [0, 0.05) is 0 Å². The maximum Gasteiger partial charge on any atom is -0.0233 e. The van der Waals surface area contributed by atoms with Crippen LogP contribution in [-0.2, 0) is 0 Å². The molecule has 0 amide bonds. The van der Waals surface area contributed by atoms with Crippen molar-refractivity contribution < 1.29 is 0 Å². The van der Waals surface area contributed by atoms with E-state index in [0.717, 1.165) is 23.7 Å². The summed E-state index contributed by atoms with van der Waals surface area (Å²) in [5.74, 6) is 3.36. The Hall–Kier alpha value is -0.780. The molecule has 0 aliphatic heterocycles. The molecule has 2 aliphatic carbocycles. The summed E-state index contributed by atoms with van der Waals surface area (Å²) >= 11 is 0. The molecule has 0 heteroatoms. The topological polar surface area (TPSA) is 0 Å². The Labute approximate surface area is 119 Å². The van der Waals surface area contributed by atoms with Gasteiger partial charge in [0.1, 0.15) is 0 Å². The van der Waals surface area contributed by atoms with Crippen LogP contribution in [0.2, 0.25) is 0 Å². The number of hydrogen-bond donors (Lipinski definition) is 0. The molecule has 19 heavy (non-hydrogen) atoms. The van der Waals surface area contributed by atoms with Crippen LogP contribution in [0.25, 0.3) is 0 Å². The zero-order valence-electron chi connectivity index (χ0n) is 12.6. The number of allylic oxidation sites excluding steroid dienone is 5. The first-order valence-corrected chi connectivity index (χ1v) is 8.25. The van der Waals surface area contributed by atoms with Gasteiger partial charge in [0.25, 0.3) is 0 Å². The van der Waals surface area contributed by atoms with Crippen molar-refractivity contribution in [1.82, 2.24) is 0 Å². The molecule has 0 saturated heterocycles. The Balaban J connectivity index is 1.70. The van der Waals surface area contributed by atoms with E-state index in [0.29, 0.717) is 0 Å². The molecule has 2 aliphatic rings. The summed E-state index contributed by atoms with van der Waals surface area (Å²) in [4.78, 5) is 0. The van der Waals surface area contributed by atoms with Gasteiger partial charge >= 0.3 is 0 Å². The quantitative estimate of drug-likeness (QED) is 0.549. The van der Waals surface area contributed by atoms with E-state index in [1.165, 1.54) is 51.4 Å². The lowest BCUT2D eigenvalue weighted by atomic mass is 9.79. The highest BCUT2D eigenvalue weighted by Gasteiger charge is 2.19. The third-order valence-corrected chi connectivity index (χ3v) is 5.09. The lowest BCUT2D eigenvalue weighted by Crippen LogP contribution is -2.13. The summed E-state index contributed by atoms with van der Waals surface area (Å²) < 4.78 is 0. The minimum atomic E-state index is 0.793. The standard InChI is InChI=1S/C19H30/c1-3-5-17-10-12-19(13-11-17)15-14-18-8-6-16(4-2)7-9-18/h3-5,14-19H,2,6-13H2,1H3. The van der Waals surface area contributed by atoms with Crippen LogP contribution in [0.4, 0.5) is 0 Å². The average molecular weight is 258 g/mol. The zero-order valence-corrected chi connectivity index (χ0v) is 12.6. The summed E-state index contributed by atoms with van der Waals surface area (Å²) in [5.41, 5.74) is 0. The van der Waals surface area contributed by atoms with Gasteiger partial charge in [-0.3, -0.25) is 0 Å². The Kier molecular flexibility index (Phi) is 5.94. The van der Waals surface area contributed by atoms with Crippen LogP contribution in [0.5, 0.6) is 0 Å². The summed E-state index contributed by atoms with van der Waals surface area (Å²) in [6.45, 7) is 6.07. The first-order valence-electron chi connectivity index (χ1n) is 8.25. The van der Waals surface area contributed by atoms with Crippen LogP contribution in [0, 0.1) is 23.7 Å². The van der Waals surface area contributed by atoms with Gasteiger partial charge < -0.3 is 0 Å². The normalized spacial score (nSPS) is 36.9. The SMILES string of the molecule is C=CC1CCC(C=CC2CCC(C=CC)CC2)CC1.